The molecule has 1 heterocycles. The number of aryl methyl sites for hydroxylation is 1. The highest BCUT2D eigenvalue weighted by molar-refractivity contribution is 5.92. The molecule has 0 aliphatic carbocycles. The number of halogens is 1. The summed E-state index contributed by atoms with van der Waals surface area (Å²) in [5.74, 6) is -1.57. The number of carbonyl (C=O) groups excluding carboxylic acids is 1. The Morgan fingerprint density at radius 2 is 2.21 bits per heavy atom. The summed E-state index contributed by atoms with van der Waals surface area (Å²) in [6.07, 6.45) is 1.07. The molecule has 102 valence electrons. The molecule has 0 saturated carbocycles. The Morgan fingerprint density at radius 3 is 2.89 bits per heavy atom. The van der Waals surface area contributed by atoms with Crippen molar-refractivity contribution in [3.05, 3.63) is 29.6 Å². The number of aliphatic carboxylic acids is 1. The molecule has 0 radical (unpaired) electrons. The largest absolute Gasteiger partial charge is 0.480 e. The molecule has 2 rings (SSSR count). The number of hydrogen-bond acceptors (Lipinski definition) is 2. The van der Waals surface area contributed by atoms with Crippen LogP contribution in [0.15, 0.2) is 18.2 Å². The second-order valence-corrected chi connectivity index (χ2v) is 4.60. The number of hydrogen-bond donors (Lipinski definition) is 2. The van der Waals surface area contributed by atoms with Crippen LogP contribution in [0, 0.1) is 12.7 Å². The number of anilines is 1. The Bertz CT molecular complexity index is 519. The van der Waals surface area contributed by atoms with E-state index in [0.29, 0.717) is 19.4 Å². The maximum atomic E-state index is 13.5. The molecule has 1 unspecified atom stereocenters. The van der Waals surface area contributed by atoms with Crippen LogP contribution in [0.3, 0.4) is 0 Å². The molecule has 1 aliphatic rings. The highest BCUT2D eigenvalue weighted by Gasteiger charge is 2.34. The maximum Gasteiger partial charge on any atom is 0.326 e. The minimum absolute atomic E-state index is 0.0704. The second kappa shape index (κ2) is 5.26. The van der Waals surface area contributed by atoms with Gasteiger partial charge in [0.1, 0.15) is 11.9 Å². The van der Waals surface area contributed by atoms with Crippen LogP contribution in [0.5, 0.6) is 0 Å². The predicted molar refractivity (Wildman–Crippen MR) is 67.5 cm³/mol. The minimum Gasteiger partial charge on any atom is -0.480 e. The van der Waals surface area contributed by atoms with Crippen molar-refractivity contribution in [1.82, 2.24) is 4.90 Å². The van der Waals surface area contributed by atoms with E-state index in [1.54, 1.807) is 13.0 Å². The third kappa shape index (κ3) is 2.83. The lowest BCUT2D eigenvalue weighted by atomic mass is 10.2. The number of nitrogens with zero attached hydrogens (tertiary/aromatic N) is 1. The van der Waals surface area contributed by atoms with Crippen LogP contribution in [-0.2, 0) is 4.79 Å². The quantitative estimate of drug-likeness (QED) is 0.862. The summed E-state index contributed by atoms with van der Waals surface area (Å²) in [6, 6.07) is 2.98. The Hall–Kier alpha value is -2.11. The van der Waals surface area contributed by atoms with Gasteiger partial charge in [-0.3, -0.25) is 0 Å². The van der Waals surface area contributed by atoms with Crippen molar-refractivity contribution in [2.75, 3.05) is 11.9 Å². The lowest BCUT2D eigenvalue weighted by Gasteiger charge is -2.22. The van der Waals surface area contributed by atoms with Gasteiger partial charge in [0.25, 0.3) is 0 Å². The molecule has 19 heavy (non-hydrogen) atoms. The number of urea groups is 1. The van der Waals surface area contributed by atoms with Crippen molar-refractivity contribution in [1.29, 1.82) is 0 Å². The van der Waals surface area contributed by atoms with Crippen molar-refractivity contribution < 1.29 is 19.1 Å². The van der Waals surface area contributed by atoms with Gasteiger partial charge in [-0.15, -0.1) is 0 Å². The second-order valence-electron chi connectivity index (χ2n) is 4.60. The van der Waals surface area contributed by atoms with Gasteiger partial charge in [0, 0.05) is 6.54 Å². The third-order valence-electron chi connectivity index (χ3n) is 3.16. The van der Waals surface area contributed by atoms with E-state index in [2.05, 4.69) is 5.32 Å². The smallest absolute Gasteiger partial charge is 0.326 e. The molecule has 1 atom stereocenters. The van der Waals surface area contributed by atoms with E-state index in [1.807, 2.05) is 0 Å². The van der Waals surface area contributed by atoms with Crippen LogP contribution in [0.4, 0.5) is 14.9 Å². The van der Waals surface area contributed by atoms with Crippen molar-refractivity contribution in [2.24, 2.45) is 0 Å². The SMILES string of the molecule is Cc1ccc(F)c(NC(=O)N2CCCC2C(=O)O)c1. The van der Waals surface area contributed by atoms with Gasteiger partial charge in [0.15, 0.2) is 0 Å². The van der Waals surface area contributed by atoms with Gasteiger partial charge in [-0.05, 0) is 37.5 Å². The fraction of sp³-hybridized carbons (Fsp3) is 0.385. The molecule has 1 aromatic carbocycles. The fourth-order valence-electron chi connectivity index (χ4n) is 2.19. The van der Waals surface area contributed by atoms with E-state index in [0.717, 1.165) is 5.56 Å². The molecular formula is C13H15FN2O3. The van der Waals surface area contributed by atoms with Gasteiger partial charge in [-0.25, -0.2) is 14.0 Å². The minimum atomic E-state index is -1.03. The van der Waals surface area contributed by atoms with E-state index in [9.17, 15) is 14.0 Å². The topological polar surface area (TPSA) is 69.6 Å². The molecule has 2 N–H and O–H groups in total. The molecule has 5 nitrogen and oxygen atoms in total. The summed E-state index contributed by atoms with van der Waals surface area (Å²) < 4.78 is 13.5. The summed E-state index contributed by atoms with van der Waals surface area (Å²) in [5, 5.41) is 11.4. The number of benzene rings is 1. The Morgan fingerprint density at radius 1 is 1.47 bits per heavy atom. The van der Waals surface area contributed by atoms with Gasteiger partial charge in [0.2, 0.25) is 0 Å². The van der Waals surface area contributed by atoms with Gasteiger partial charge in [-0.1, -0.05) is 6.07 Å². The van der Waals surface area contributed by atoms with E-state index in [-0.39, 0.29) is 5.69 Å². The van der Waals surface area contributed by atoms with Gasteiger partial charge in [0.05, 0.1) is 5.69 Å². The normalized spacial score (nSPS) is 18.4. The van der Waals surface area contributed by atoms with Gasteiger partial charge >= 0.3 is 12.0 Å². The van der Waals surface area contributed by atoms with Crippen LogP contribution in [0.1, 0.15) is 18.4 Å². The lowest BCUT2D eigenvalue weighted by molar-refractivity contribution is -0.141. The molecule has 0 bridgehead atoms. The molecule has 0 aromatic heterocycles. The number of carbonyl (C=O) groups is 2. The summed E-state index contributed by atoms with van der Waals surface area (Å²) in [4.78, 5) is 24.2. The molecule has 2 amide bonds. The Labute approximate surface area is 110 Å². The number of carboxylic acid groups (broad SMARTS) is 1. The van der Waals surface area contributed by atoms with Crippen LogP contribution in [-0.4, -0.2) is 34.6 Å². The van der Waals surface area contributed by atoms with Gasteiger partial charge in [-0.2, -0.15) is 0 Å². The Balaban J connectivity index is 2.12. The highest BCUT2D eigenvalue weighted by Crippen LogP contribution is 2.21. The van der Waals surface area contributed by atoms with Gasteiger partial charge < -0.3 is 15.3 Å². The number of carboxylic acids is 1. The zero-order chi connectivity index (χ0) is 14.0. The van der Waals surface area contributed by atoms with Crippen LogP contribution >= 0.6 is 0 Å². The zero-order valence-corrected chi connectivity index (χ0v) is 10.5. The standard InChI is InChI=1S/C13H15FN2O3/c1-8-4-5-9(14)10(7-8)15-13(19)16-6-2-3-11(16)12(17)18/h4-5,7,11H,2-3,6H2,1H3,(H,15,19)(H,17,18). The average molecular weight is 266 g/mol. The van der Waals surface area contributed by atoms with Crippen molar-refractivity contribution in [2.45, 2.75) is 25.8 Å². The molecular weight excluding hydrogens is 251 g/mol. The molecule has 0 spiro atoms. The summed E-state index contributed by atoms with van der Waals surface area (Å²) in [7, 11) is 0. The molecule has 6 heteroatoms. The third-order valence-corrected chi connectivity index (χ3v) is 3.16. The van der Waals surface area contributed by atoms with Crippen molar-refractivity contribution in [3.8, 4) is 0 Å². The number of likely N-dealkylation sites (tertiary alicyclic amines) is 1. The van der Waals surface area contributed by atoms with E-state index >= 15 is 0 Å². The Kier molecular flexibility index (Phi) is 3.69. The van der Waals surface area contributed by atoms with Crippen LogP contribution < -0.4 is 5.32 Å². The maximum absolute atomic E-state index is 13.5. The van der Waals surface area contributed by atoms with E-state index < -0.39 is 23.9 Å². The summed E-state index contributed by atoms with van der Waals surface area (Å²) in [6.45, 7) is 2.15. The molecule has 1 aromatic rings. The molecule has 1 fully saturated rings. The number of rotatable bonds is 2. The lowest BCUT2D eigenvalue weighted by Crippen LogP contribution is -2.42. The first-order chi connectivity index (χ1) is 8.99. The fourth-order valence-corrected chi connectivity index (χ4v) is 2.19. The van der Waals surface area contributed by atoms with E-state index in [1.165, 1.54) is 17.0 Å². The van der Waals surface area contributed by atoms with Crippen LogP contribution in [0.2, 0.25) is 0 Å². The monoisotopic (exact) mass is 266 g/mol. The van der Waals surface area contributed by atoms with E-state index in [4.69, 9.17) is 5.11 Å². The summed E-state index contributed by atoms with van der Waals surface area (Å²) in [5.41, 5.74) is 0.883. The van der Waals surface area contributed by atoms with Crippen molar-refractivity contribution >= 4 is 17.7 Å². The molecule has 1 saturated heterocycles. The first-order valence-corrected chi connectivity index (χ1v) is 6.05. The summed E-state index contributed by atoms with van der Waals surface area (Å²) >= 11 is 0. The number of nitrogens with one attached hydrogen (secondary N) is 1. The van der Waals surface area contributed by atoms with Crippen LogP contribution in [0.25, 0.3) is 0 Å². The first kappa shape index (κ1) is 13.3. The zero-order valence-electron chi connectivity index (χ0n) is 10.5. The predicted octanol–water partition coefficient (Wildman–Crippen LogP) is 2.22. The number of amides is 2. The van der Waals surface area contributed by atoms with Crippen molar-refractivity contribution in [3.63, 3.8) is 0 Å². The first-order valence-electron chi connectivity index (χ1n) is 6.05. The highest BCUT2D eigenvalue weighted by atomic mass is 19.1. The molecule has 1 aliphatic heterocycles. The average Bonchev–Trinajstić information content (AvgIpc) is 2.83.